The van der Waals surface area contributed by atoms with Gasteiger partial charge in [0.1, 0.15) is 12.4 Å². The third kappa shape index (κ3) is 7.03. The Balaban J connectivity index is 0.00000625. The highest BCUT2D eigenvalue weighted by atomic mass is 35.5. The highest BCUT2D eigenvalue weighted by Gasteiger charge is 2.30. The summed E-state index contributed by atoms with van der Waals surface area (Å²) in [5, 5.41) is 0. The third-order valence-electron chi connectivity index (χ3n) is 4.33. The topological polar surface area (TPSA) is 116 Å². The number of nitrogens with two attached hydrogens (primary N) is 1. The van der Waals surface area contributed by atoms with Gasteiger partial charge in [0.2, 0.25) is 10.0 Å². The first-order valence-corrected chi connectivity index (χ1v) is 11.6. The second-order valence-electron chi connectivity index (χ2n) is 5.85. The first kappa shape index (κ1) is 25.1. The van der Waals surface area contributed by atoms with E-state index in [4.69, 9.17) is 10.5 Å². The van der Waals surface area contributed by atoms with Gasteiger partial charge < -0.3 is 10.5 Å². The number of rotatable bonds is 11. The average molecular weight is 429 g/mol. The summed E-state index contributed by atoms with van der Waals surface area (Å²) >= 11 is 0. The van der Waals surface area contributed by atoms with Gasteiger partial charge >= 0.3 is 0 Å². The lowest BCUT2D eigenvalue weighted by Gasteiger charge is -2.31. The molecule has 10 heteroatoms. The molecule has 0 bridgehead atoms. The molecule has 152 valence electrons. The van der Waals surface area contributed by atoms with Crippen molar-refractivity contribution in [3.8, 4) is 5.75 Å². The molecule has 1 rings (SSSR count). The lowest BCUT2D eigenvalue weighted by molar-refractivity contribution is 0.340. The van der Waals surface area contributed by atoms with Crippen LogP contribution in [-0.4, -0.2) is 47.0 Å². The second-order valence-corrected chi connectivity index (χ2v) is 10.0. The van der Waals surface area contributed by atoms with Crippen LogP contribution in [-0.2, 0) is 19.9 Å². The number of sulfone groups is 1. The predicted molar refractivity (Wildman–Crippen MR) is 106 cm³/mol. The molecule has 0 aromatic heterocycles. The monoisotopic (exact) mass is 428 g/mol. The Morgan fingerprint density at radius 2 is 1.58 bits per heavy atom. The second kappa shape index (κ2) is 10.5. The van der Waals surface area contributed by atoms with E-state index in [9.17, 15) is 16.8 Å². The highest BCUT2D eigenvalue weighted by molar-refractivity contribution is 7.91. The van der Waals surface area contributed by atoms with Gasteiger partial charge in [-0.3, -0.25) is 0 Å². The van der Waals surface area contributed by atoms with Gasteiger partial charge in [-0.05, 0) is 37.1 Å². The molecule has 0 radical (unpaired) electrons. The first-order chi connectivity index (χ1) is 11.6. The van der Waals surface area contributed by atoms with Gasteiger partial charge in [0.05, 0.1) is 10.6 Å². The molecule has 7 nitrogen and oxygen atoms in total. The summed E-state index contributed by atoms with van der Waals surface area (Å²) < 4.78 is 55.9. The zero-order chi connectivity index (χ0) is 19.1. The average Bonchev–Trinajstić information content (AvgIpc) is 2.60. The van der Waals surface area contributed by atoms with E-state index in [0.29, 0.717) is 18.6 Å². The van der Waals surface area contributed by atoms with Crippen LogP contribution >= 0.6 is 12.4 Å². The smallest absolute Gasteiger partial charge is 0.241 e. The predicted octanol–water partition coefficient (Wildman–Crippen LogP) is 1.72. The largest absolute Gasteiger partial charge is 0.493 e. The van der Waals surface area contributed by atoms with Crippen molar-refractivity contribution >= 4 is 32.3 Å². The van der Waals surface area contributed by atoms with Gasteiger partial charge in [0, 0.05) is 17.8 Å². The lowest BCUT2D eigenvalue weighted by atomic mass is 9.95. The van der Waals surface area contributed by atoms with Crippen molar-refractivity contribution < 1.29 is 21.6 Å². The quantitative estimate of drug-likeness (QED) is 0.554. The number of hydrogen-bond donors (Lipinski definition) is 2. The summed E-state index contributed by atoms with van der Waals surface area (Å²) in [5.74, 6) is 0.412. The molecule has 0 aliphatic carbocycles. The van der Waals surface area contributed by atoms with Crippen molar-refractivity contribution in [1.82, 2.24) is 4.72 Å². The van der Waals surface area contributed by atoms with Gasteiger partial charge in [0.25, 0.3) is 0 Å². The van der Waals surface area contributed by atoms with Crippen LogP contribution in [0.15, 0.2) is 29.2 Å². The van der Waals surface area contributed by atoms with E-state index in [1.807, 2.05) is 13.8 Å². The van der Waals surface area contributed by atoms with E-state index < -0.39 is 25.4 Å². The number of sulfonamides is 1. The van der Waals surface area contributed by atoms with E-state index in [-0.39, 0.29) is 42.0 Å². The van der Waals surface area contributed by atoms with Crippen LogP contribution in [0.2, 0.25) is 0 Å². The lowest BCUT2D eigenvalue weighted by Crippen LogP contribution is -2.52. The number of hydrogen-bond acceptors (Lipinski definition) is 6. The van der Waals surface area contributed by atoms with Crippen LogP contribution < -0.4 is 15.2 Å². The minimum atomic E-state index is -3.70. The van der Waals surface area contributed by atoms with Crippen molar-refractivity contribution in [2.24, 2.45) is 5.73 Å². The van der Waals surface area contributed by atoms with Crippen molar-refractivity contribution in [3.05, 3.63) is 24.3 Å². The van der Waals surface area contributed by atoms with E-state index in [1.165, 1.54) is 24.3 Å². The van der Waals surface area contributed by atoms with E-state index in [1.54, 1.807) is 6.92 Å². The van der Waals surface area contributed by atoms with Crippen molar-refractivity contribution in [3.63, 3.8) is 0 Å². The molecule has 0 saturated carbocycles. The number of ether oxygens (including phenoxy) is 1. The van der Waals surface area contributed by atoms with E-state index in [2.05, 4.69) is 4.72 Å². The maximum Gasteiger partial charge on any atom is 0.241 e. The van der Waals surface area contributed by atoms with Crippen LogP contribution in [0.4, 0.5) is 0 Å². The molecule has 1 aromatic carbocycles. The molecule has 0 heterocycles. The minimum absolute atomic E-state index is 0. The number of halogens is 1. The summed E-state index contributed by atoms with van der Waals surface area (Å²) in [7, 11) is -6.79. The van der Waals surface area contributed by atoms with Gasteiger partial charge in [-0.2, -0.15) is 0 Å². The molecule has 0 fully saturated rings. The molecule has 0 atom stereocenters. The van der Waals surface area contributed by atoms with Crippen molar-refractivity contribution in [2.45, 2.75) is 44.0 Å². The zero-order valence-corrected chi connectivity index (χ0v) is 17.8. The summed E-state index contributed by atoms with van der Waals surface area (Å²) in [6, 6.07) is 5.88. The van der Waals surface area contributed by atoms with Crippen LogP contribution in [0.3, 0.4) is 0 Å². The SMILES string of the molecule is CCC(CC)(CN)NS(=O)(=O)c1ccc(OCCS(=O)(=O)CC)cc1.Cl. The fraction of sp³-hybridized carbons (Fsp3) is 0.625. The van der Waals surface area contributed by atoms with Crippen molar-refractivity contribution in [2.75, 3.05) is 24.7 Å². The third-order valence-corrected chi connectivity index (χ3v) is 7.59. The molecule has 0 unspecified atom stereocenters. The Morgan fingerprint density at radius 3 is 2.00 bits per heavy atom. The Kier molecular flexibility index (Phi) is 10.1. The Labute approximate surface area is 163 Å². The summed E-state index contributed by atoms with van der Waals surface area (Å²) in [6.45, 7) is 5.60. The van der Waals surface area contributed by atoms with E-state index in [0.717, 1.165) is 0 Å². The molecule has 1 aromatic rings. The van der Waals surface area contributed by atoms with Crippen molar-refractivity contribution in [1.29, 1.82) is 0 Å². The standard InChI is InChI=1S/C16H28N2O5S2.ClH/c1-4-16(5-2,13-17)18-25(21,22)15-9-7-14(8-10-15)23-11-12-24(19,20)6-3;/h7-10,18H,4-6,11-13,17H2,1-3H3;1H. The molecule has 0 spiro atoms. The molecule has 0 aliphatic heterocycles. The molecule has 0 amide bonds. The summed E-state index contributed by atoms with van der Waals surface area (Å²) in [4.78, 5) is 0.112. The van der Waals surface area contributed by atoms with Crippen LogP contribution in [0.25, 0.3) is 0 Å². The maximum atomic E-state index is 12.5. The number of nitrogens with one attached hydrogen (secondary N) is 1. The van der Waals surface area contributed by atoms with Gasteiger partial charge in [-0.1, -0.05) is 20.8 Å². The Morgan fingerprint density at radius 1 is 1.04 bits per heavy atom. The minimum Gasteiger partial charge on any atom is -0.493 e. The molecule has 26 heavy (non-hydrogen) atoms. The highest BCUT2D eigenvalue weighted by Crippen LogP contribution is 2.21. The molecule has 0 aliphatic rings. The van der Waals surface area contributed by atoms with E-state index >= 15 is 0 Å². The summed E-state index contributed by atoms with van der Waals surface area (Å²) in [6.07, 6.45) is 1.18. The maximum absolute atomic E-state index is 12.5. The Hall–Kier alpha value is -0.870. The molecule has 3 N–H and O–H groups in total. The fourth-order valence-electron chi connectivity index (χ4n) is 2.21. The molecule has 0 saturated heterocycles. The molecular weight excluding hydrogens is 400 g/mol. The van der Waals surface area contributed by atoms with Crippen LogP contribution in [0.5, 0.6) is 5.75 Å². The summed E-state index contributed by atoms with van der Waals surface area (Å²) in [5.41, 5.74) is 5.08. The molecular formula is C16H29ClN2O5S2. The zero-order valence-electron chi connectivity index (χ0n) is 15.4. The van der Waals surface area contributed by atoms with Crippen LogP contribution in [0.1, 0.15) is 33.6 Å². The van der Waals surface area contributed by atoms with Gasteiger partial charge in [-0.15, -0.1) is 12.4 Å². The van der Waals surface area contributed by atoms with Gasteiger partial charge in [-0.25, -0.2) is 21.6 Å². The number of benzene rings is 1. The normalized spacial score (nSPS) is 12.5. The first-order valence-electron chi connectivity index (χ1n) is 8.31. The fourth-order valence-corrected chi connectivity index (χ4v) is 4.39. The Bertz CT molecular complexity index is 737. The van der Waals surface area contributed by atoms with Gasteiger partial charge in [0.15, 0.2) is 9.84 Å². The van der Waals surface area contributed by atoms with Crippen LogP contribution in [0, 0.1) is 0 Å².